The van der Waals surface area contributed by atoms with E-state index in [4.69, 9.17) is 11.5 Å². The van der Waals surface area contributed by atoms with E-state index in [1.807, 2.05) is 0 Å². The Morgan fingerprint density at radius 3 is 2.72 bits per heavy atom. The number of nitrogens with zero attached hydrogens (tertiary/aromatic N) is 3. The fourth-order valence-electron chi connectivity index (χ4n) is 2.88. The Morgan fingerprint density at radius 2 is 2.17 bits per heavy atom. The van der Waals surface area contributed by atoms with Crippen molar-refractivity contribution >= 4 is 57.9 Å². The number of thioether (sulfide) groups is 1. The summed E-state index contributed by atoms with van der Waals surface area (Å²) in [6, 6.07) is -0.925. The number of β-lactam (4-membered cyclic amide) rings is 1. The lowest BCUT2D eigenvalue weighted by molar-refractivity contribution is -0.150. The fraction of sp³-hybridized carbons (Fsp3) is 0.333. The van der Waals surface area contributed by atoms with Crippen LogP contribution in [0.2, 0.25) is 0 Å². The van der Waals surface area contributed by atoms with E-state index >= 15 is 0 Å². The monoisotopic (exact) mass is 440 g/mol. The number of nitrogen functional groups attached to an aromatic ring is 1. The van der Waals surface area contributed by atoms with Crippen LogP contribution < -0.4 is 16.8 Å². The van der Waals surface area contributed by atoms with Crippen LogP contribution in [-0.2, 0) is 19.1 Å². The number of ether oxygens (including phenoxy) is 1. The molecule has 1 fully saturated rings. The molecule has 1 saturated heterocycles. The van der Waals surface area contributed by atoms with Gasteiger partial charge in [0.25, 0.3) is 11.8 Å². The van der Waals surface area contributed by atoms with Crippen LogP contribution >= 0.6 is 23.3 Å². The summed E-state index contributed by atoms with van der Waals surface area (Å²) in [6.07, 6.45) is 0.442. The molecule has 2 aliphatic heterocycles. The fourth-order valence-corrected chi connectivity index (χ4v) is 4.65. The molecule has 0 aliphatic carbocycles. The van der Waals surface area contributed by atoms with E-state index in [0.29, 0.717) is 0 Å². The maximum atomic E-state index is 12.6. The molecule has 0 spiro atoms. The number of primary amides is 1. The first-order valence-corrected chi connectivity index (χ1v) is 9.95. The molecular formula is C15H16N6O6S2. The zero-order chi connectivity index (χ0) is 21.3. The third-order valence-corrected chi connectivity index (χ3v) is 6.02. The van der Waals surface area contributed by atoms with Gasteiger partial charge in [-0.15, -0.1) is 11.8 Å². The number of rotatable bonds is 6. The first-order valence-electron chi connectivity index (χ1n) is 8.13. The number of fused-ring (bicyclic) bond motifs is 1. The molecule has 3 rings (SSSR count). The highest BCUT2D eigenvalue weighted by molar-refractivity contribution is 8.00. The quantitative estimate of drug-likeness (QED) is 0.327. The van der Waals surface area contributed by atoms with Crippen LogP contribution in [0.1, 0.15) is 12.7 Å². The summed E-state index contributed by atoms with van der Waals surface area (Å²) >= 11 is 2.17. The summed E-state index contributed by atoms with van der Waals surface area (Å²) < 4.78 is 8.64. The smallest absolute Gasteiger partial charge is 0.404 e. The molecule has 0 aromatic carbocycles. The maximum Gasteiger partial charge on any atom is 0.404 e. The van der Waals surface area contributed by atoms with E-state index < -0.39 is 35.3 Å². The molecule has 0 radical (unpaired) electrons. The molecule has 2 atom stereocenters. The summed E-state index contributed by atoms with van der Waals surface area (Å²) in [6.45, 7) is 1.28. The average molecular weight is 440 g/mol. The molecular weight excluding hydrogens is 424 g/mol. The van der Waals surface area contributed by atoms with Crippen LogP contribution in [0.25, 0.3) is 5.57 Å². The van der Waals surface area contributed by atoms with Gasteiger partial charge >= 0.3 is 12.1 Å². The first kappa shape index (κ1) is 20.6. The topological polar surface area (TPSA) is 191 Å². The molecule has 14 heteroatoms. The Hall–Kier alpha value is -3.13. The predicted molar refractivity (Wildman–Crippen MR) is 103 cm³/mol. The minimum Gasteiger partial charge on any atom is -0.477 e. The van der Waals surface area contributed by atoms with Gasteiger partial charge in [-0.3, -0.25) is 14.5 Å². The normalized spacial score (nSPS) is 21.3. The van der Waals surface area contributed by atoms with Gasteiger partial charge in [-0.2, -0.15) is 9.36 Å². The van der Waals surface area contributed by atoms with Crippen LogP contribution in [0, 0.1) is 0 Å². The van der Waals surface area contributed by atoms with Crippen LogP contribution in [0.4, 0.5) is 9.93 Å². The molecule has 2 aliphatic rings. The van der Waals surface area contributed by atoms with Crippen molar-refractivity contribution in [1.29, 1.82) is 0 Å². The van der Waals surface area contributed by atoms with E-state index in [1.54, 1.807) is 6.92 Å². The zero-order valence-corrected chi connectivity index (χ0v) is 16.6. The van der Waals surface area contributed by atoms with E-state index in [2.05, 4.69) is 19.4 Å². The van der Waals surface area contributed by atoms with Crippen molar-refractivity contribution in [2.45, 2.75) is 18.3 Å². The lowest BCUT2D eigenvalue weighted by atomic mass is 10.0. The van der Waals surface area contributed by atoms with Crippen molar-refractivity contribution in [3.63, 3.8) is 0 Å². The molecule has 154 valence electrons. The number of nitrogens with two attached hydrogens (primary N) is 2. The second-order valence-electron chi connectivity index (χ2n) is 5.88. The number of amides is 3. The van der Waals surface area contributed by atoms with Gasteiger partial charge in [-0.25, -0.2) is 9.59 Å². The van der Waals surface area contributed by atoms with Crippen molar-refractivity contribution < 1.29 is 29.0 Å². The Morgan fingerprint density at radius 1 is 1.45 bits per heavy atom. The number of anilines is 1. The van der Waals surface area contributed by atoms with Gasteiger partial charge in [0.1, 0.15) is 23.7 Å². The number of hydrogen-bond acceptors (Lipinski definition) is 10. The van der Waals surface area contributed by atoms with Gasteiger partial charge in [0.05, 0.1) is 5.57 Å². The van der Waals surface area contributed by atoms with Crippen LogP contribution in [0.3, 0.4) is 0 Å². The summed E-state index contributed by atoms with van der Waals surface area (Å²) in [4.78, 5) is 52.6. The van der Waals surface area contributed by atoms with Crippen LogP contribution in [0.15, 0.2) is 17.3 Å². The van der Waals surface area contributed by atoms with Gasteiger partial charge < -0.3 is 26.6 Å². The molecule has 3 amide bonds. The average Bonchev–Trinajstić information content (AvgIpc) is 3.09. The minimum atomic E-state index is -1.34. The van der Waals surface area contributed by atoms with Crippen molar-refractivity contribution in [3.8, 4) is 0 Å². The number of allylic oxidation sites excluding steroid dienone is 1. The van der Waals surface area contributed by atoms with Gasteiger partial charge in [0, 0.05) is 22.9 Å². The molecule has 6 N–H and O–H groups in total. The Balaban J connectivity index is 1.76. The minimum absolute atomic E-state index is 0.143. The second kappa shape index (κ2) is 8.08. The van der Waals surface area contributed by atoms with Crippen molar-refractivity contribution in [3.05, 3.63) is 23.2 Å². The molecule has 3 heterocycles. The van der Waals surface area contributed by atoms with Crippen LogP contribution in [-0.4, -0.2) is 67.0 Å². The molecule has 1 aromatic rings. The lowest BCUT2D eigenvalue weighted by Gasteiger charge is -2.49. The number of carboxylic acids is 1. The first-order chi connectivity index (χ1) is 13.7. The Bertz CT molecular complexity index is 957. The largest absolute Gasteiger partial charge is 0.477 e. The third kappa shape index (κ3) is 3.88. The van der Waals surface area contributed by atoms with Gasteiger partial charge in [0.2, 0.25) is 0 Å². The van der Waals surface area contributed by atoms with Gasteiger partial charge in [0.15, 0.2) is 11.0 Å². The molecule has 29 heavy (non-hydrogen) atoms. The number of nitrogens with one attached hydrogen (secondary N) is 1. The second-order valence-corrected chi connectivity index (χ2v) is 7.77. The predicted octanol–water partition coefficient (Wildman–Crippen LogP) is -0.642. The summed E-state index contributed by atoms with van der Waals surface area (Å²) in [7, 11) is 0. The molecule has 1 unspecified atom stereocenters. The molecule has 12 nitrogen and oxygen atoms in total. The van der Waals surface area contributed by atoms with Crippen molar-refractivity contribution in [1.82, 2.24) is 19.6 Å². The molecule has 0 bridgehead atoms. The number of carbonyl (C=O) groups is 4. The highest BCUT2D eigenvalue weighted by Gasteiger charge is 2.54. The van der Waals surface area contributed by atoms with E-state index in [0.717, 1.165) is 16.4 Å². The van der Waals surface area contributed by atoms with E-state index in [-0.39, 0.29) is 40.2 Å². The number of carbonyl (C=O) groups excluding carboxylic acids is 3. The maximum absolute atomic E-state index is 12.6. The highest BCUT2D eigenvalue weighted by atomic mass is 32.2. The number of aromatic nitrogens is 2. The summed E-state index contributed by atoms with van der Waals surface area (Å²) in [5.74, 6) is -2.17. The van der Waals surface area contributed by atoms with E-state index in [9.17, 15) is 24.3 Å². The third-order valence-electron chi connectivity index (χ3n) is 4.14. The van der Waals surface area contributed by atoms with Gasteiger partial charge in [-0.1, -0.05) is 6.08 Å². The lowest BCUT2D eigenvalue weighted by Crippen LogP contribution is -2.70. The summed E-state index contributed by atoms with van der Waals surface area (Å²) in [5, 5.41) is 11.7. The molecule has 1 aromatic heterocycles. The standard InChI is InChI=1S/C15H16N6O6S2/c1-2-6(9-19-14(16)29-20-9)10(22)18-7-11(23)21-8(13(24)25)5(3-27-15(17)26)4-28-12(7)21/h2,7,12H,3-4H2,1H3,(H2,17,26)(H,18,22)(H,24,25)(H2,16,19,20)/b6-2-/t7?,12-/m1/s1. The van der Waals surface area contributed by atoms with Gasteiger partial charge in [-0.05, 0) is 6.92 Å². The summed E-state index contributed by atoms with van der Waals surface area (Å²) in [5.41, 5.74) is 10.6. The van der Waals surface area contributed by atoms with Crippen molar-refractivity contribution in [2.75, 3.05) is 18.1 Å². The van der Waals surface area contributed by atoms with E-state index in [1.165, 1.54) is 17.8 Å². The molecule has 0 saturated carbocycles. The number of aliphatic carboxylic acids is 1. The number of hydrogen-bond donors (Lipinski definition) is 4. The Kier molecular flexibility index (Phi) is 5.74. The Labute approximate surface area is 172 Å². The highest BCUT2D eigenvalue weighted by Crippen LogP contribution is 2.40. The zero-order valence-electron chi connectivity index (χ0n) is 14.9. The SMILES string of the molecule is C/C=C(\C(=O)NC1C(=O)N2C(C(=O)O)=C(COC(N)=O)CS[C@H]12)c1nsc(N)n1. The van der Waals surface area contributed by atoms with Crippen LogP contribution in [0.5, 0.6) is 0 Å². The number of carboxylic acid groups (broad SMARTS) is 1. The van der Waals surface area contributed by atoms with Crippen molar-refractivity contribution in [2.24, 2.45) is 5.73 Å².